The lowest BCUT2D eigenvalue weighted by Gasteiger charge is -2.16. The molecule has 2 aromatic carbocycles. The Morgan fingerprint density at radius 3 is 2.31 bits per heavy atom. The number of sulfonamides is 1. The van der Waals surface area contributed by atoms with Gasteiger partial charge in [-0.25, -0.2) is 18.4 Å². The molecule has 0 radical (unpaired) electrons. The number of nitrogens with one attached hydrogen (secondary N) is 1. The first-order valence-electron chi connectivity index (χ1n) is 7.81. The summed E-state index contributed by atoms with van der Waals surface area (Å²) in [6, 6.07) is 10.4. The fourth-order valence-corrected chi connectivity index (χ4v) is 3.42. The number of carboxylic acids is 1. The molecule has 0 unspecified atom stereocenters. The largest absolute Gasteiger partial charge is 0.480 e. The molecule has 0 spiro atoms. The number of rotatable bonds is 6. The lowest BCUT2D eigenvalue weighted by molar-refractivity contribution is -0.139. The molecule has 7 nitrogen and oxygen atoms in total. The number of aryl methyl sites for hydroxylation is 1. The normalized spacial score (nSPS) is 12.4. The highest BCUT2D eigenvalue weighted by Gasteiger charge is 2.23. The number of amides is 1. The number of primary sulfonamides is 1. The molecule has 0 heterocycles. The molecule has 0 aliphatic rings. The van der Waals surface area contributed by atoms with Crippen molar-refractivity contribution >= 4 is 21.9 Å². The van der Waals surface area contributed by atoms with Gasteiger partial charge in [0.05, 0.1) is 4.90 Å². The van der Waals surface area contributed by atoms with Gasteiger partial charge in [0.2, 0.25) is 10.0 Å². The highest BCUT2D eigenvalue weighted by molar-refractivity contribution is 7.89. The van der Waals surface area contributed by atoms with Gasteiger partial charge in [-0.1, -0.05) is 30.3 Å². The van der Waals surface area contributed by atoms with Crippen molar-refractivity contribution in [3.05, 3.63) is 64.7 Å². The van der Waals surface area contributed by atoms with Gasteiger partial charge in [0, 0.05) is 12.0 Å². The van der Waals surface area contributed by atoms with E-state index in [1.54, 1.807) is 38.1 Å². The molecule has 138 valence electrons. The first-order valence-corrected chi connectivity index (χ1v) is 9.36. The van der Waals surface area contributed by atoms with Crippen molar-refractivity contribution in [1.82, 2.24) is 5.32 Å². The zero-order valence-corrected chi connectivity index (χ0v) is 15.2. The van der Waals surface area contributed by atoms with Crippen LogP contribution in [0, 0.1) is 13.8 Å². The molecular formula is C18H20N2O5S. The van der Waals surface area contributed by atoms with Crippen LogP contribution in [-0.4, -0.2) is 31.4 Å². The molecule has 26 heavy (non-hydrogen) atoms. The Morgan fingerprint density at radius 1 is 1.15 bits per heavy atom. The molecule has 8 heteroatoms. The van der Waals surface area contributed by atoms with Crippen LogP contribution in [0.4, 0.5) is 0 Å². The molecule has 4 N–H and O–H groups in total. The average Bonchev–Trinajstić information content (AvgIpc) is 2.56. The van der Waals surface area contributed by atoms with Gasteiger partial charge in [0.15, 0.2) is 0 Å². The van der Waals surface area contributed by atoms with E-state index in [9.17, 15) is 23.1 Å². The van der Waals surface area contributed by atoms with Crippen LogP contribution in [0.25, 0.3) is 0 Å². The number of carbonyl (C=O) groups excluding carboxylic acids is 1. The summed E-state index contributed by atoms with van der Waals surface area (Å²) >= 11 is 0. The van der Waals surface area contributed by atoms with Crippen LogP contribution in [-0.2, 0) is 21.2 Å². The molecule has 0 saturated heterocycles. The average molecular weight is 376 g/mol. The number of nitrogens with two attached hydrogens (primary N) is 1. The summed E-state index contributed by atoms with van der Waals surface area (Å²) in [6.45, 7) is 3.24. The molecule has 1 atom stereocenters. The Morgan fingerprint density at radius 2 is 1.77 bits per heavy atom. The zero-order valence-electron chi connectivity index (χ0n) is 14.4. The van der Waals surface area contributed by atoms with Crippen LogP contribution < -0.4 is 10.5 Å². The third-order valence-corrected chi connectivity index (χ3v) is 5.11. The van der Waals surface area contributed by atoms with E-state index in [4.69, 9.17) is 5.14 Å². The van der Waals surface area contributed by atoms with Gasteiger partial charge < -0.3 is 10.4 Å². The van der Waals surface area contributed by atoms with Gasteiger partial charge in [0.1, 0.15) is 6.04 Å². The predicted octanol–water partition coefficient (Wildman–Crippen LogP) is 1.38. The molecule has 1 amide bonds. The maximum Gasteiger partial charge on any atom is 0.326 e. The van der Waals surface area contributed by atoms with Crippen molar-refractivity contribution in [1.29, 1.82) is 0 Å². The first-order chi connectivity index (χ1) is 12.1. The summed E-state index contributed by atoms with van der Waals surface area (Å²) in [7, 11) is -4.00. The maximum atomic E-state index is 12.5. The molecular weight excluding hydrogens is 356 g/mol. The minimum atomic E-state index is -4.00. The Kier molecular flexibility index (Phi) is 5.79. The third-order valence-electron chi connectivity index (χ3n) is 4.07. The van der Waals surface area contributed by atoms with Gasteiger partial charge in [-0.3, -0.25) is 4.79 Å². The monoisotopic (exact) mass is 376 g/mol. The van der Waals surface area contributed by atoms with Crippen LogP contribution in [0.2, 0.25) is 0 Å². The molecule has 2 rings (SSSR count). The summed E-state index contributed by atoms with van der Waals surface area (Å²) < 4.78 is 23.4. The van der Waals surface area contributed by atoms with Crippen LogP contribution in [0.3, 0.4) is 0 Å². The number of carbonyl (C=O) groups is 2. The molecule has 0 bridgehead atoms. The number of benzene rings is 2. The Hall–Kier alpha value is -2.71. The van der Waals surface area contributed by atoms with E-state index >= 15 is 0 Å². The van der Waals surface area contributed by atoms with Gasteiger partial charge in [0.25, 0.3) is 5.91 Å². The lowest BCUT2D eigenvalue weighted by Crippen LogP contribution is -2.42. The minimum Gasteiger partial charge on any atom is -0.480 e. The topological polar surface area (TPSA) is 127 Å². The van der Waals surface area contributed by atoms with Crippen LogP contribution in [0.15, 0.2) is 47.4 Å². The second-order valence-electron chi connectivity index (χ2n) is 6.02. The highest BCUT2D eigenvalue weighted by Crippen LogP contribution is 2.20. The summed E-state index contributed by atoms with van der Waals surface area (Å²) in [5.41, 5.74) is 1.81. The number of hydrogen-bond acceptors (Lipinski definition) is 4. The van der Waals surface area contributed by atoms with E-state index in [2.05, 4.69) is 5.32 Å². The second kappa shape index (κ2) is 7.67. The highest BCUT2D eigenvalue weighted by atomic mass is 32.2. The molecule has 0 aromatic heterocycles. The van der Waals surface area contributed by atoms with E-state index < -0.39 is 27.9 Å². The van der Waals surface area contributed by atoms with Crippen molar-refractivity contribution < 1.29 is 23.1 Å². The number of aliphatic carboxylic acids is 1. The first kappa shape index (κ1) is 19.6. The molecule has 0 saturated carbocycles. The Balaban J connectivity index is 2.30. The fourth-order valence-electron chi connectivity index (χ4n) is 2.55. The summed E-state index contributed by atoms with van der Waals surface area (Å²) in [5, 5.41) is 17.0. The van der Waals surface area contributed by atoms with E-state index in [-0.39, 0.29) is 16.9 Å². The second-order valence-corrected chi connectivity index (χ2v) is 7.55. The van der Waals surface area contributed by atoms with Crippen molar-refractivity contribution in [3.63, 3.8) is 0 Å². The summed E-state index contributed by atoms with van der Waals surface area (Å²) in [4.78, 5) is 23.8. The number of hydrogen-bond donors (Lipinski definition) is 3. The van der Waals surface area contributed by atoms with E-state index in [0.717, 1.165) is 11.6 Å². The summed E-state index contributed by atoms with van der Waals surface area (Å²) in [6.07, 6.45) is 0.106. The van der Waals surface area contributed by atoms with Gasteiger partial charge >= 0.3 is 5.97 Å². The SMILES string of the molecule is Cc1cc(C(=O)N[C@H](Cc2ccccc2)C(=O)O)cc(S(N)(=O)=O)c1C. The van der Waals surface area contributed by atoms with Crippen molar-refractivity contribution in [2.45, 2.75) is 31.2 Å². The van der Waals surface area contributed by atoms with Crippen LogP contribution in [0.1, 0.15) is 27.0 Å². The Bertz CT molecular complexity index is 940. The maximum absolute atomic E-state index is 12.5. The van der Waals surface area contributed by atoms with Crippen LogP contribution in [0.5, 0.6) is 0 Å². The van der Waals surface area contributed by atoms with Gasteiger partial charge in [-0.05, 0) is 42.7 Å². The molecule has 2 aromatic rings. The smallest absolute Gasteiger partial charge is 0.326 e. The molecule has 0 aliphatic heterocycles. The minimum absolute atomic E-state index is 0.0384. The zero-order chi connectivity index (χ0) is 19.5. The molecule has 0 aliphatic carbocycles. The predicted molar refractivity (Wildman–Crippen MR) is 96.3 cm³/mol. The van der Waals surface area contributed by atoms with Gasteiger partial charge in [-0.2, -0.15) is 0 Å². The number of carboxylic acid groups (broad SMARTS) is 1. The Labute approximate surface area is 151 Å². The summed E-state index contributed by atoms with van der Waals surface area (Å²) in [5.74, 6) is -1.86. The fraction of sp³-hybridized carbons (Fsp3) is 0.222. The standard InChI is InChI=1S/C18H20N2O5S/c1-11-8-14(10-16(12(11)2)26(19,24)25)17(21)20-15(18(22)23)9-13-6-4-3-5-7-13/h3-8,10,15H,9H2,1-2H3,(H,20,21)(H,22,23)(H2,19,24,25)/t15-/m1/s1. The molecule has 0 fully saturated rings. The van der Waals surface area contributed by atoms with Crippen molar-refractivity contribution in [3.8, 4) is 0 Å². The third kappa shape index (κ3) is 4.68. The lowest BCUT2D eigenvalue weighted by atomic mass is 10.0. The quantitative estimate of drug-likeness (QED) is 0.702. The van der Waals surface area contributed by atoms with Crippen LogP contribution >= 0.6 is 0 Å². The van der Waals surface area contributed by atoms with Crippen molar-refractivity contribution in [2.75, 3.05) is 0 Å². The van der Waals surface area contributed by atoms with E-state index in [1.807, 2.05) is 6.07 Å². The van der Waals surface area contributed by atoms with E-state index in [1.165, 1.54) is 6.07 Å². The van der Waals surface area contributed by atoms with E-state index in [0.29, 0.717) is 11.1 Å². The van der Waals surface area contributed by atoms with Gasteiger partial charge in [-0.15, -0.1) is 0 Å². The van der Waals surface area contributed by atoms with Crippen molar-refractivity contribution in [2.24, 2.45) is 5.14 Å².